The number of para-hydroxylation sites is 1. The molecule has 0 aliphatic heterocycles. The Balaban J connectivity index is 0.000000223. The molecule has 142 valence electrons. The number of hydrogen-bond acceptors (Lipinski definition) is 5. The third-order valence-corrected chi connectivity index (χ3v) is 4.26. The number of rotatable bonds is 3. The highest BCUT2D eigenvalue weighted by molar-refractivity contribution is 7.85. The Bertz CT molecular complexity index is 1130. The number of nitrogens with one attached hydrogen (secondary N) is 1. The average molecular weight is 391 g/mol. The first-order valence-corrected chi connectivity index (χ1v) is 8.98. The normalized spacial score (nSPS) is 10.7. The maximum Gasteiger partial charge on any atom is 0.337 e. The van der Waals surface area contributed by atoms with Crippen LogP contribution in [0.25, 0.3) is 5.69 Å². The van der Waals surface area contributed by atoms with Gasteiger partial charge < -0.3 is 10.8 Å². The first kappa shape index (κ1) is 19.9. The lowest BCUT2D eigenvalue weighted by atomic mass is 10.2. The van der Waals surface area contributed by atoms with Crippen molar-refractivity contribution in [2.75, 3.05) is 5.73 Å². The molecule has 1 aromatic heterocycles. The molecule has 10 heteroatoms. The summed E-state index contributed by atoms with van der Waals surface area (Å²) in [4.78, 5) is 21.6. The number of nitrogen functional groups attached to an aromatic ring is 1. The van der Waals surface area contributed by atoms with E-state index in [9.17, 15) is 18.0 Å². The van der Waals surface area contributed by atoms with Crippen molar-refractivity contribution < 1.29 is 22.9 Å². The second-order valence-corrected chi connectivity index (χ2v) is 6.90. The highest BCUT2D eigenvalue weighted by atomic mass is 32.2. The predicted molar refractivity (Wildman–Crippen MR) is 98.8 cm³/mol. The number of carboxylic acid groups (broad SMARTS) is 1. The molecule has 0 atom stereocenters. The van der Waals surface area contributed by atoms with Gasteiger partial charge in [-0.2, -0.15) is 8.42 Å². The summed E-state index contributed by atoms with van der Waals surface area (Å²) in [5, 5.41) is 11.3. The lowest BCUT2D eigenvalue weighted by Crippen LogP contribution is -2.14. The fraction of sp³-hybridized carbons (Fsp3) is 0.0588. The lowest BCUT2D eigenvalue weighted by molar-refractivity contribution is 0.0698. The molecule has 27 heavy (non-hydrogen) atoms. The summed E-state index contributed by atoms with van der Waals surface area (Å²) in [6, 6.07) is 13.2. The molecule has 0 spiro atoms. The van der Waals surface area contributed by atoms with Gasteiger partial charge in [0, 0.05) is 17.4 Å². The van der Waals surface area contributed by atoms with Crippen LogP contribution < -0.4 is 11.3 Å². The molecule has 0 saturated heterocycles. The second kappa shape index (κ2) is 7.89. The number of aromatic carboxylic acids is 1. The van der Waals surface area contributed by atoms with Gasteiger partial charge in [-0.15, -0.1) is 0 Å². The van der Waals surface area contributed by atoms with Gasteiger partial charge in [0.05, 0.1) is 16.1 Å². The molecule has 9 nitrogen and oxygen atoms in total. The Morgan fingerprint density at radius 1 is 1.11 bits per heavy atom. The van der Waals surface area contributed by atoms with E-state index >= 15 is 0 Å². The van der Waals surface area contributed by atoms with Crippen molar-refractivity contribution in [2.45, 2.75) is 11.8 Å². The smallest absolute Gasteiger partial charge is 0.337 e. The summed E-state index contributed by atoms with van der Waals surface area (Å²) in [5.74, 6) is -0.988. The maximum atomic E-state index is 11.5. The Hall–Kier alpha value is -3.37. The van der Waals surface area contributed by atoms with Gasteiger partial charge in [0.25, 0.3) is 15.7 Å². The first-order chi connectivity index (χ1) is 12.6. The molecule has 2 aromatic carbocycles. The van der Waals surface area contributed by atoms with E-state index in [-0.39, 0.29) is 16.0 Å². The molecule has 1 heterocycles. The van der Waals surface area contributed by atoms with Crippen molar-refractivity contribution in [2.24, 2.45) is 0 Å². The molecule has 0 unspecified atom stereocenters. The van der Waals surface area contributed by atoms with Gasteiger partial charge in [-0.25, -0.2) is 9.48 Å². The highest BCUT2D eigenvalue weighted by Gasteiger charge is 2.11. The molecule has 5 N–H and O–H groups in total. The summed E-state index contributed by atoms with van der Waals surface area (Å²) in [7, 11) is -4.27. The highest BCUT2D eigenvalue weighted by Crippen LogP contribution is 2.13. The molecule has 0 aliphatic carbocycles. The van der Waals surface area contributed by atoms with E-state index in [0.29, 0.717) is 17.1 Å². The second-order valence-electron chi connectivity index (χ2n) is 5.48. The number of aromatic amines is 1. The zero-order valence-corrected chi connectivity index (χ0v) is 15.0. The molecule has 3 rings (SSSR count). The zero-order chi connectivity index (χ0) is 20.2. The van der Waals surface area contributed by atoms with Crippen LogP contribution in [0.3, 0.4) is 0 Å². The minimum atomic E-state index is -4.27. The Kier molecular flexibility index (Phi) is 5.83. The van der Waals surface area contributed by atoms with Gasteiger partial charge in [-0.3, -0.25) is 14.4 Å². The van der Waals surface area contributed by atoms with Crippen molar-refractivity contribution in [3.8, 4) is 5.69 Å². The number of aromatic nitrogens is 2. The SMILES string of the molecule is Cc1cc(=O)n(-c2cccc(S(=O)(=O)O)c2)[nH]1.Nc1ccccc1C(=O)O. The van der Waals surface area contributed by atoms with Crippen LogP contribution in [-0.4, -0.2) is 33.8 Å². The van der Waals surface area contributed by atoms with Crippen molar-refractivity contribution in [1.82, 2.24) is 9.78 Å². The topological polar surface area (TPSA) is 155 Å². The summed E-state index contributed by atoms with van der Waals surface area (Å²) in [6.45, 7) is 1.71. The molecule has 0 fully saturated rings. The quantitative estimate of drug-likeness (QED) is 0.391. The third-order valence-electron chi connectivity index (χ3n) is 3.41. The van der Waals surface area contributed by atoms with Crippen LogP contribution in [0.4, 0.5) is 5.69 Å². The van der Waals surface area contributed by atoms with Crippen LogP contribution in [0.2, 0.25) is 0 Å². The zero-order valence-electron chi connectivity index (χ0n) is 14.2. The van der Waals surface area contributed by atoms with Gasteiger partial charge in [0.15, 0.2) is 0 Å². The minimum absolute atomic E-state index is 0.155. The van der Waals surface area contributed by atoms with Crippen LogP contribution in [-0.2, 0) is 10.1 Å². The number of nitrogens with zero attached hydrogens (tertiary/aromatic N) is 1. The molecule has 0 amide bonds. The van der Waals surface area contributed by atoms with E-state index in [1.807, 2.05) is 0 Å². The number of nitrogens with two attached hydrogens (primary N) is 1. The number of hydrogen-bond donors (Lipinski definition) is 4. The summed E-state index contributed by atoms with van der Waals surface area (Å²) in [6.07, 6.45) is 0. The van der Waals surface area contributed by atoms with Gasteiger partial charge in [-0.05, 0) is 37.3 Å². The lowest BCUT2D eigenvalue weighted by Gasteiger charge is -2.03. The largest absolute Gasteiger partial charge is 0.478 e. The summed E-state index contributed by atoms with van der Waals surface area (Å²) >= 11 is 0. The third kappa shape index (κ3) is 5.06. The van der Waals surface area contributed by atoms with Gasteiger partial charge in [-0.1, -0.05) is 18.2 Å². The minimum Gasteiger partial charge on any atom is -0.478 e. The first-order valence-electron chi connectivity index (χ1n) is 7.54. The molecular formula is C17H17N3O6S. The van der Waals surface area contributed by atoms with E-state index in [2.05, 4.69) is 5.10 Å². The van der Waals surface area contributed by atoms with Crippen molar-refractivity contribution in [3.05, 3.63) is 76.2 Å². The van der Waals surface area contributed by atoms with E-state index in [1.54, 1.807) is 31.2 Å². The molecule has 3 aromatic rings. The van der Waals surface area contributed by atoms with E-state index in [0.717, 1.165) is 0 Å². The summed E-state index contributed by atoms with van der Waals surface area (Å²) < 4.78 is 32.0. The van der Waals surface area contributed by atoms with Crippen LogP contribution >= 0.6 is 0 Å². The Morgan fingerprint density at radius 3 is 2.26 bits per heavy atom. The fourth-order valence-electron chi connectivity index (χ4n) is 2.18. The number of carboxylic acids is 1. The monoisotopic (exact) mass is 391 g/mol. The van der Waals surface area contributed by atoms with Crippen LogP contribution in [0.1, 0.15) is 16.1 Å². The van der Waals surface area contributed by atoms with Crippen LogP contribution in [0.15, 0.2) is 64.3 Å². The van der Waals surface area contributed by atoms with Crippen LogP contribution in [0, 0.1) is 6.92 Å². The van der Waals surface area contributed by atoms with Crippen molar-refractivity contribution in [1.29, 1.82) is 0 Å². The average Bonchev–Trinajstić information content (AvgIpc) is 2.93. The van der Waals surface area contributed by atoms with E-state index in [1.165, 1.54) is 35.0 Å². The predicted octanol–water partition coefficient (Wildman–Crippen LogP) is 1.69. The molecule has 0 bridgehead atoms. The van der Waals surface area contributed by atoms with E-state index in [4.69, 9.17) is 15.4 Å². The molecular weight excluding hydrogens is 374 g/mol. The fourth-order valence-corrected chi connectivity index (χ4v) is 2.70. The van der Waals surface area contributed by atoms with Gasteiger partial charge >= 0.3 is 5.97 Å². The molecule has 0 saturated carbocycles. The maximum absolute atomic E-state index is 11.5. The van der Waals surface area contributed by atoms with Crippen LogP contribution in [0.5, 0.6) is 0 Å². The number of H-pyrrole nitrogens is 1. The molecule has 0 radical (unpaired) electrons. The number of carbonyl (C=O) groups is 1. The summed E-state index contributed by atoms with van der Waals surface area (Å²) in [5.41, 5.74) is 6.51. The standard InChI is InChI=1S/C10H10N2O4S.C7H7NO2/c1-7-5-10(13)12(11-7)8-3-2-4-9(6-8)17(14,15)16;8-6-4-2-1-3-5(6)7(9)10/h2-6,11H,1H3,(H,14,15,16);1-4H,8H2,(H,9,10). The van der Waals surface area contributed by atoms with Gasteiger partial charge in [0.2, 0.25) is 0 Å². The number of benzene rings is 2. The van der Waals surface area contributed by atoms with Crippen molar-refractivity contribution in [3.63, 3.8) is 0 Å². The van der Waals surface area contributed by atoms with Gasteiger partial charge in [0.1, 0.15) is 0 Å². The van der Waals surface area contributed by atoms with E-state index < -0.39 is 16.1 Å². The number of aryl methyl sites for hydroxylation is 1. The number of anilines is 1. The Morgan fingerprint density at radius 2 is 1.78 bits per heavy atom. The Labute approximate surface area is 154 Å². The van der Waals surface area contributed by atoms with Crippen molar-refractivity contribution >= 4 is 21.8 Å². The molecule has 0 aliphatic rings.